The van der Waals surface area contributed by atoms with E-state index < -0.39 is 12.3 Å². The van der Waals surface area contributed by atoms with Gasteiger partial charge in [-0.05, 0) is 56.3 Å². The summed E-state index contributed by atoms with van der Waals surface area (Å²) in [6.45, 7) is 5.66. The highest BCUT2D eigenvalue weighted by Crippen LogP contribution is 2.36. The second-order valence-electron chi connectivity index (χ2n) is 6.40. The standard InChI is InChI=1S/C17H26F2/c1-3-13-5-7-14(8-6-13)9-11-15-10-4-12(2)16(18)17(15)19/h3,9,11-17H,1,4-8,10H2,2H3/b11-9+. The van der Waals surface area contributed by atoms with Gasteiger partial charge in [0.15, 0.2) is 0 Å². The van der Waals surface area contributed by atoms with Gasteiger partial charge in [0, 0.05) is 5.92 Å². The first-order chi connectivity index (χ1) is 9.11. The van der Waals surface area contributed by atoms with Crippen LogP contribution in [0.4, 0.5) is 8.78 Å². The van der Waals surface area contributed by atoms with E-state index in [0.29, 0.717) is 11.8 Å². The molecule has 2 heteroatoms. The van der Waals surface area contributed by atoms with Crippen LogP contribution in [0, 0.1) is 23.7 Å². The van der Waals surface area contributed by atoms with Crippen LogP contribution in [0.1, 0.15) is 45.4 Å². The molecule has 2 saturated carbocycles. The molecule has 2 aliphatic rings. The van der Waals surface area contributed by atoms with Crippen LogP contribution in [-0.4, -0.2) is 12.3 Å². The molecule has 4 unspecified atom stereocenters. The minimum atomic E-state index is -1.30. The lowest BCUT2D eigenvalue weighted by atomic mass is 9.78. The molecule has 2 rings (SSSR count). The summed E-state index contributed by atoms with van der Waals surface area (Å²) in [6, 6.07) is 0. The van der Waals surface area contributed by atoms with E-state index in [1.54, 1.807) is 0 Å². The first-order valence-corrected chi connectivity index (χ1v) is 7.70. The van der Waals surface area contributed by atoms with Gasteiger partial charge in [-0.2, -0.15) is 0 Å². The summed E-state index contributed by atoms with van der Waals surface area (Å²) in [6.07, 6.45) is 9.87. The first-order valence-electron chi connectivity index (χ1n) is 7.70. The Hall–Kier alpha value is -0.660. The van der Waals surface area contributed by atoms with Gasteiger partial charge >= 0.3 is 0 Å². The maximum absolute atomic E-state index is 13.9. The van der Waals surface area contributed by atoms with Crippen LogP contribution in [0.25, 0.3) is 0 Å². The lowest BCUT2D eigenvalue weighted by molar-refractivity contribution is 0.0466. The summed E-state index contributed by atoms with van der Waals surface area (Å²) in [7, 11) is 0. The third-order valence-corrected chi connectivity index (χ3v) is 4.99. The highest BCUT2D eigenvalue weighted by Gasteiger charge is 2.36. The zero-order valence-electron chi connectivity index (χ0n) is 11.9. The fraction of sp³-hybridized carbons (Fsp3) is 0.765. The van der Waals surface area contributed by atoms with Crippen molar-refractivity contribution in [2.45, 2.75) is 57.8 Å². The Bertz CT molecular complexity index is 315. The summed E-state index contributed by atoms with van der Waals surface area (Å²) in [4.78, 5) is 0. The number of rotatable bonds is 3. The smallest absolute Gasteiger partial charge is 0.138 e. The normalized spacial score (nSPS) is 44.4. The van der Waals surface area contributed by atoms with E-state index in [1.807, 2.05) is 19.1 Å². The molecule has 0 heterocycles. The predicted molar refractivity (Wildman–Crippen MR) is 76.5 cm³/mol. The Morgan fingerprint density at radius 1 is 0.842 bits per heavy atom. The molecule has 0 spiro atoms. The molecule has 0 N–H and O–H groups in total. The molecule has 0 bridgehead atoms. The minimum absolute atomic E-state index is 0.123. The largest absolute Gasteiger partial charge is 0.244 e. The van der Waals surface area contributed by atoms with E-state index in [0.717, 1.165) is 25.7 Å². The van der Waals surface area contributed by atoms with E-state index in [9.17, 15) is 8.78 Å². The molecule has 0 radical (unpaired) electrons. The van der Waals surface area contributed by atoms with Crippen molar-refractivity contribution in [1.29, 1.82) is 0 Å². The van der Waals surface area contributed by atoms with Gasteiger partial charge in [-0.1, -0.05) is 25.2 Å². The monoisotopic (exact) mass is 268 g/mol. The Kier molecular flexibility index (Phi) is 5.18. The van der Waals surface area contributed by atoms with Crippen LogP contribution in [0.5, 0.6) is 0 Å². The summed E-state index contributed by atoms with van der Waals surface area (Å²) >= 11 is 0. The maximum atomic E-state index is 13.9. The number of hydrogen-bond donors (Lipinski definition) is 0. The van der Waals surface area contributed by atoms with E-state index in [2.05, 4.69) is 12.7 Å². The fourth-order valence-corrected chi connectivity index (χ4v) is 3.40. The van der Waals surface area contributed by atoms with E-state index in [-0.39, 0.29) is 11.8 Å². The molecule has 19 heavy (non-hydrogen) atoms. The fourth-order valence-electron chi connectivity index (χ4n) is 3.40. The molecule has 0 nitrogen and oxygen atoms in total. The zero-order chi connectivity index (χ0) is 13.8. The van der Waals surface area contributed by atoms with Gasteiger partial charge in [-0.3, -0.25) is 0 Å². The topological polar surface area (TPSA) is 0 Å². The molecule has 4 atom stereocenters. The average Bonchev–Trinajstić information content (AvgIpc) is 2.45. The lowest BCUT2D eigenvalue weighted by Gasteiger charge is -2.32. The highest BCUT2D eigenvalue weighted by molar-refractivity contribution is 5.01. The van der Waals surface area contributed by atoms with Crippen molar-refractivity contribution in [2.75, 3.05) is 0 Å². The average molecular weight is 268 g/mol. The number of allylic oxidation sites excluding steroid dienone is 3. The first kappa shape index (κ1) is 14.7. The molecule has 0 aromatic carbocycles. The molecule has 108 valence electrons. The minimum Gasteiger partial charge on any atom is -0.244 e. The van der Waals surface area contributed by atoms with E-state index >= 15 is 0 Å². The molecule has 0 aliphatic heterocycles. The second kappa shape index (κ2) is 6.67. The van der Waals surface area contributed by atoms with Gasteiger partial charge < -0.3 is 0 Å². The van der Waals surface area contributed by atoms with Crippen LogP contribution >= 0.6 is 0 Å². The SMILES string of the molecule is C=CC1CCC(/C=C/C2CCC(C)C(F)C2F)CC1. The third-order valence-electron chi connectivity index (χ3n) is 4.99. The number of hydrogen-bond acceptors (Lipinski definition) is 0. The van der Waals surface area contributed by atoms with Crippen LogP contribution in [0.2, 0.25) is 0 Å². The number of halogens is 2. The van der Waals surface area contributed by atoms with Gasteiger partial charge in [0.1, 0.15) is 12.3 Å². The maximum Gasteiger partial charge on any atom is 0.138 e. The number of alkyl halides is 2. The van der Waals surface area contributed by atoms with E-state index in [4.69, 9.17) is 0 Å². The highest BCUT2D eigenvalue weighted by atomic mass is 19.2. The van der Waals surface area contributed by atoms with Crippen molar-refractivity contribution in [3.63, 3.8) is 0 Å². The third kappa shape index (κ3) is 3.67. The molecule has 0 amide bonds. The van der Waals surface area contributed by atoms with Gasteiger partial charge in [-0.15, -0.1) is 6.58 Å². The van der Waals surface area contributed by atoms with Crippen LogP contribution in [0.15, 0.2) is 24.8 Å². The Labute approximate surface area is 116 Å². The Morgan fingerprint density at radius 3 is 2.11 bits per heavy atom. The quantitative estimate of drug-likeness (QED) is 0.613. The van der Waals surface area contributed by atoms with Gasteiger partial charge in [0.25, 0.3) is 0 Å². The van der Waals surface area contributed by atoms with Crippen molar-refractivity contribution in [1.82, 2.24) is 0 Å². The summed E-state index contributed by atoms with van der Waals surface area (Å²) < 4.78 is 27.6. The molecular weight excluding hydrogens is 242 g/mol. The predicted octanol–water partition coefficient (Wildman–Crippen LogP) is 5.26. The molecular formula is C17H26F2. The molecule has 0 aromatic heterocycles. The van der Waals surface area contributed by atoms with Crippen molar-refractivity contribution >= 4 is 0 Å². The molecule has 0 saturated heterocycles. The van der Waals surface area contributed by atoms with E-state index in [1.165, 1.54) is 12.8 Å². The van der Waals surface area contributed by atoms with Crippen LogP contribution in [0.3, 0.4) is 0 Å². The summed E-state index contributed by atoms with van der Waals surface area (Å²) in [5, 5.41) is 0. The zero-order valence-corrected chi connectivity index (χ0v) is 11.9. The van der Waals surface area contributed by atoms with Crippen LogP contribution in [-0.2, 0) is 0 Å². The van der Waals surface area contributed by atoms with Crippen molar-refractivity contribution < 1.29 is 8.78 Å². The van der Waals surface area contributed by atoms with Crippen molar-refractivity contribution in [3.8, 4) is 0 Å². The Morgan fingerprint density at radius 2 is 1.47 bits per heavy atom. The summed E-state index contributed by atoms with van der Waals surface area (Å²) in [5.74, 6) is 0.885. The van der Waals surface area contributed by atoms with Gasteiger partial charge in [-0.25, -0.2) is 8.78 Å². The van der Waals surface area contributed by atoms with Crippen molar-refractivity contribution in [3.05, 3.63) is 24.8 Å². The van der Waals surface area contributed by atoms with Gasteiger partial charge in [0.2, 0.25) is 0 Å². The lowest BCUT2D eigenvalue weighted by Crippen LogP contribution is -2.35. The Balaban J connectivity index is 1.84. The van der Waals surface area contributed by atoms with Crippen LogP contribution < -0.4 is 0 Å². The van der Waals surface area contributed by atoms with Crippen molar-refractivity contribution in [2.24, 2.45) is 23.7 Å². The molecule has 2 fully saturated rings. The van der Waals surface area contributed by atoms with Gasteiger partial charge in [0.05, 0.1) is 0 Å². The summed E-state index contributed by atoms with van der Waals surface area (Å²) in [5.41, 5.74) is 0. The molecule has 2 aliphatic carbocycles. The molecule has 0 aromatic rings. The second-order valence-corrected chi connectivity index (χ2v) is 6.40.